The molecular formula is C36H40O6S. The fourth-order valence-electron chi connectivity index (χ4n) is 9.63. The summed E-state index contributed by atoms with van der Waals surface area (Å²) in [7, 11) is 0. The van der Waals surface area contributed by atoms with Crippen molar-refractivity contribution in [3.63, 3.8) is 0 Å². The fourth-order valence-corrected chi connectivity index (χ4v) is 9.84. The first-order valence-electron chi connectivity index (χ1n) is 15.5. The van der Waals surface area contributed by atoms with Gasteiger partial charge in [-0.3, -0.25) is 9.59 Å². The molecule has 6 nitrogen and oxygen atoms in total. The van der Waals surface area contributed by atoms with E-state index in [-0.39, 0.29) is 29.3 Å². The van der Waals surface area contributed by atoms with Gasteiger partial charge in [-0.1, -0.05) is 74.0 Å². The maximum absolute atomic E-state index is 13.8. The Bertz CT molecular complexity index is 1500. The molecule has 0 amide bonds. The predicted molar refractivity (Wildman–Crippen MR) is 165 cm³/mol. The van der Waals surface area contributed by atoms with Gasteiger partial charge in [0.1, 0.15) is 6.61 Å². The molecule has 7 heteroatoms. The quantitative estimate of drug-likeness (QED) is 0.390. The Morgan fingerprint density at radius 1 is 1.05 bits per heavy atom. The average molecular weight is 601 g/mol. The predicted octanol–water partition coefficient (Wildman–Crippen LogP) is 5.31. The van der Waals surface area contributed by atoms with Crippen molar-refractivity contribution in [2.45, 2.75) is 75.8 Å². The average Bonchev–Trinajstić information content (AvgIpc) is 3.50. The van der Waals surface area contributed by atoms with Crippen molar-refractivity contribution in [2.24, 2.45) is 28.6 Å². The number of hydrogen-bond acceptors (Lipinski definition) is 7. The lowest BCUT2D eigenvalue weighted by Crippen LogP contribution is -2.63. The molecule has 9 atom stereocenters. The Hall–Kier alpha value is -2.55. The van der Waals surface area contributed by atoms with Crippen molar-refractivity contribution in [2.75, 3.05) is 6.61 Å². The number of carbonyl (C=O) groups excluding carboxylic acids is 2. The van der Waals surface area contributed by atoms with Crippen LogP contribution in [0.3, 0.4) is 0 Å². The molecule has 0 aromatic heterocycles. The van der Waals surface area contributed by atoms with E-state index < -0.39 is 41.5 Å². The van der Waals surface area contributed by atoms with E-state index in [9.17, 15) is 19.8 Å². The minimum Gasteiger partial charge on any atom is -0.393 e. The van der Waals surface area contributed by atoms with E-state index >= 15 is 0 Å². The number of rotatable bonds is 6. The summed E-state index contributed by atoms with van der Waals surface area (Å²) in [5.74, 6) is 0.495. The van der Waals surface area contributed by atoms with Crippen LogP contribution in [0.25, 0.3) is 0 Å². The highest BCUT2D eigenvalue weighted by atomic mass is 32.1. The van der Waals surface area contributed by atoms with Crippen LogP contribution >= 0.6 is 12.6 Å². The Labute approximate surface area is 258 Å². The lowest BCUT2D eigenvalue weighted by molar-refractivity contribution is -0.201. The first-order chi connectivity index (χ1) is 20.6. The third-order valence-electron chi connectivity index (χ3n) is 11.7. The number of ketones is 2. The van der Waals surface area contributed by atoms with Gasteiger partial charge in [0, 0.05) is 28.1 Å². The molecule has 2 aromatic rings. The number of ether oxygens (including phenoxy) is 2. The van der Waals surface area contributed by atoms with E-state index in [1.165, 1.54) is 11.1 Å². The Morgan fingerprint density at radius 3 is 2.40 bits per heavy atom. The van der Waals surface area contributed by atoms with Gasteiger partial charge in [0.25, 0.3) is 0 Å². The maximum Gasteiger partial charge on any atom is 0.193 e. The van der Waals surface area contributed by atoms with E-state index in [2.05, 4.69) is 62.9 Å². The number of hydrogen-bond donors (Lipinski definition) is 3. The van der Waals surface area contributed by atoms with Gasteiger partial charge in [0.15, 0.2) is 23.5 Å². The van der Waals surface area contributed by atoms with Crippen LogP contribution in [0.4, 0.5) is 0 Å². The number of allylic oxidation sites excluding steroid dienone is 4. The standard InChI is InChI=1S/C36H40O6S/c1-34-14-13-26(38)16-25(34)11-12-27-28-17-31-36(30(40)19-37,35(28,2)18-29(39)32(27)34)42-33(41-31)24-9-7-22(8-10-24)15-21-3-5-23(20-43)6-4-21/h3-10,13-14,16,27-29,31-33,37,39,43H,11-12,15,17-20H2,1-2H3/t27-,28-,29-,31+,32+,33+,34-,35-,36+/m0/s1. The summed E-state index contributed by atoms with van der Waals surface area (Å²) in [6.07, 6.45) is 6.85. The van der Waals surface area contributed by atoms with Crippen LogP contribution < -0.4 is 0 Å². The summed E-state index contributed by atoms with van der Waals surface area (Å²) in [6, 6.07) is 16.6. The third-order valence-corrected chi connectivity index (χ3v) is 12.0. The lowest BCUT2D eigenvalue weighted by Gasteiger charge is -2.59. The summed E-state index contributed by atoms with van der Waals surface area (Å²) < 4.78 is 13.3. The second kappa shape index (κ2) is 10.5. The van der Waals surface area contributed by atoms with Crippen LogP contribution in [0.2, 0.25) is 0 Å². The SMILES string of the molecule is C[C@]12C=CC(=O)C=C1CC[C@@H]1[C@@H]2[C@@H](O)C[C@@]2(C)[C@H]1C[C@H]1O[C@@H](c3ccc(Cc4ccc(CS)cc4)cc3)O[C@]12C(=O)CO. The van der Waals surface area contributed by atoms with Gasteiger partial charge >= 0.3 is 0 Å². The highest BCUT2D eigenvalue weighted by Gasteiger charge is 2.75. The van der Waals surface area contributed by atoms with Gasteiger partial charge in [-0.15, -0.1) is 0 Å². The van der Waals surface area contributed by atoms with Crippen molar-refractivity contribution in [3.05, 3.63) is 94.6 Å². The number of fused-ring (bicyclic) bond motifs is 7. The number of benzene rings is 2. The van der Waals surface area contributed by atoms with Crippen LogP contribution in [-0.4, -0.2) is 46.2 Å². The van der Waals surface area contributed by atoms with E-state index in [0.29, 0.717) is 12.8 Å². The molecule has 0 bridgehead atoms. The van der Waals surface area contributed by atoms with Gasteiger partial charge in [-0.25, -0.2) is 0 Å². The molecule has 2 N–H and O–H groups in total. The van der Waals surface area contributed by atoms with E-state index in [1.807, 2.05) is 18.2 Å². The fraction of sp³-hybridized carbons (Fsp3) is 0.500. The van der Waals surface area contributed by atoms with Crippen LogP contribution in [0, 0.1) is 28.6 Å². The number of aliphatic hydroxyl groups excluding tert-OH is 2. The molecule has 5 aliphatic rings. The summed E-state index contributed by atoms with van der Waals surface area (Å²) >= 11 is 4.34. The Kier molecular flexibility index (Phi) is 7.14. The highest BCUT2D eigenvalue weighted by molar-refractivity contribution is 7.79. The van der Waals surface area contributed by atoms with Gasteiger partial charge < -0.3 is 19.7 Å². The molecule has 3 saturated carbocycles. The molecule has 226 valence electrons. The summed E-state index contributed by atoms with van der Waals surface area (Å²) in [5, 5.41) is 22.0. The van der Waals surface area contributed by atoms with Crippen LogP contribution in [0.5, 0.6) is 0 Å². The molecule has 0 spiro atoms. The molecule has 43 heavy (non-hydrogen) atoms. The molecule has 0 radical (unpaired) electrons. The molecule has 1 aliphatic heterocycles. The maximum atomic E-state index is 13.8. The van der Waals surface area contributed by atoms with Crippen LogP contribution in [0.15, 0.2) is 72.3 Å². The van der Waals surface area contributed by atoms with Crippen molar-refractivity contribution in [1.29, 1.82) is 0 Å². The van der Waals surface area contributed by atoms with Crippen molar-refractivity contribution in [1.82, 2.24) is 0 Å². The number of thiol groups is 1. The monoisotopic (exact) mass is 600 g/mol. The zero-order valence-electron chi connectivity index (χ0n) is 24.7. The molecule has 1 heterocycles. The molecular weight excluding hydrogens is 560 g/mol. The lowest BCUT2D eigenvalue weighted by atomic mass is 9.46. The molecule has 4 fully saturated rings. The first kappa shape index (κ1) is 29.2. The molecule has 0 unspecified atom stereocenters. The van der Waals surface area contributed by atoms with Crippen molar-refractivity contribution in [3.8, 4) is 0 Å². The minimum atomic E-state index is -1.34. The minimum absolute atomic E-state index is 0.00716. The highest BCUT2D eigenvalue weighted by Crippen LogP contribution is 2.70. The van der Waals surface area contributed by atoms with Crippen LogP contribution in [-0.2, 0) is 31.2 Å². The van der Waals surface area contributed by atoms with Gasteiger partial charge in [0.2, 0.25) is 0 Å². The van der Waals surface area contributed by atoms with E-state index in [1.54, 1.807) is 12.2 Å². The molecule has 7 rings (SSSR count). The first-order valence-corrected chi connectivity index (χ1v) is 16.1. The summed E-state index contributed by atoms with van der Waals surface area (Å²) in [4.78, 5) is 25.9. The Balaban J connectivity index is 1.16. The van der Waals surface area contributed by atoms with Gasteiger partial charge in [-0.05, 0) is 72.8 Å². The normalized spacial score (nSPS) is 39.5. The number of aliphatic hydroxyl groups is 2. The number of Topliss-reactive ketones (excluding diaryl/α,β-unsaturated/α-hetero) is 1. The topological polar surface area (TPSA) is 93.1 Å². The summed E-state index contributed by atoms with van der Waals surface area (Å²) in [5.41, 5.74) is 3.04. The molecule has 4 aliphatic carbocycles. The molecule has 1 saturated heterocycles. The molecule has 2 aromatic carbocycles. The van der Waals surface area contributed by atoms with Gasteiger partial charge in [-0.2, -0.15) is 12.6 Å². The largest absolute Gasteiger partial charge is 0.393 e. The van der Waals surface area contributed by atoms with Gasteiger partial charge in [0.05, 0.1) is 12.2 Å². The Morgan fingerprint density at radius 2 is 1.72 bits per heavy atom. The second-order valence-corrected chi connectivity index (χ2v) is 14.0. The number of carbonyl (C=O) groups is 2. The van der Waals surface area contributed by atoms with Crippen molar-refractivity contribution < 1.29 is 29.3 Å². The van der Waals surface area contributed by atoms with Crippen LogP contribution in [0.1, 0.15) is 68.1 Å². The van der Waals surface area contributed by atoms with E-state index in [4.69, 9.17) is 9.47 Å². The zero-order valence-corrected chi connectivity index (χ0v) is 25.6. The van der Waals surface area contributed by atoms with E-state index in [0.717, 1.165) is 41.7 Å². The summed E-state index contributed by atoms with van der Waals surface area (Å²) in [6.45, 7) is 3.56. The smallest absolute Gasteiger partial charge is 0.193 e. The second-order valence-electron chi connectivity index (χ2n) is 13.7. The zero-order chi connectivity index (χ0) is 30.1. The van der Waals surface area contributed by atoms with Crippen molar-refractivity contribution >= 4 is 24.2 Å². The third kappa shape index (κ3) is 4.30.